The van der Waals surface area contributed by atoms with Crippen molar-refractivity contribution in [1.82, 2.24) is 9.78 Å². The van der Waals surface area contributed by atoms with Crippen molar-refractivity contribution in [3.8, 4) is 5.69 Å². The minimum absolute atomic E-state index is 0.253. The molecule has 0 saturated carbocycles. The zero-order valence-corrected chi connectivity index (χ0v) is 10.8. The highest BCUT2D eigenvalue weighted by atomic mass is 79.9. The molecule has 1 aromatic carbocycles. The van der Waals surface area contributed by atoms with Crippen molar-refractivity contribution in [3.05, 3.63) is 46.2 Å². The Bertz CT molecular complexity index is 563. The van der Waals surface area contributed by atoms with Crippen LogP contribution in [-0.2, 0) is 6.42 Å². The normalized spacial score (nSPS) is 10.5. The Morgan fingerprint density at radius 1 is 1.47 bits per heavy atom. The largest absolute Gasteiger partial charge is 0.478 e. The molecule has 1 aromatic heterocycles. The van der Waals surface area contributed by atoms with Crippen LogP contribution >= 0.6 is 15.9 Å². The molecule has 2 aromatic rings. The van der Waals surface area contributed by atoms with E-state index in [0.717, 1.165) is 10.2 Å². The number of para-hydroxylation sites is 1. The first-order valence-electron chi connectivity index (χ1n) is 5.20. The summed E-state index contributed by atoms with van der Waals surface area (Å²) in [5.74, 6) is -0.944. The van der Waals surface area contributed by atoms with Gasteiger partial charge in [0.25, 0.3) is 0 Å². The molecule has 0 amide bonds. The zero-order chi connectivity index (χ0) is 12.4. The second-order valence-corrected chi connectivity index (χ2v) is 4.38. The molecule has 0 aliphatic carbocycles. The van der Waals surface area contributed by atoms with Crippen LogP contribution in [0.2, 0.25) is 0 Å². The summed E-state index contributed by atoms with van der Waals surface area (Å²) in [6, 6.07) is 7.58. The lowest BCUT2D eigenvalue weighted by Crippen LogP contribution is -2.06. The Kier molecular flexibility index (Phi) is 3.28. The van der Waals surface area contributed by atoms with Crippen LogP contribution in [0.4, 0.5) is 0 Å². The summed E-state index contributed by atoms with van der Waals surface area (Å²) < 4.78 is 2.54. The fraction of sp³-hybridized carbons (Fsp3) is 0.167. The highest BCUT2D eigenvalue weighted by Crippen LogP contribution is 2.23. The molecule has 17 heavy (non-hydrogen) atoms. The van der Waals surface area contributed by atoms with E-state index in [2.05, 4.69) is 21.0 Å². The van der Waals surface area contributed by atoms with E-state index in [4.69, 9.17) is 5.11 Å². The van der Waals surface area contributed by atoms with E-state index in [-0.39, 0.29) is 5.56 Å². The van der Waals surface area contributed by atoms with Crippen molar-refractivity contribution in [3.63, 3.8) is 0 Å². The lowest BCUT2D eigenvalue weighted by Gasteiger charge is -2.08. The van der Waals surface area contributed by atoms with Gasteiger partial charge in [0, 0.05) is 4.47 Å². The lowest BCUT2D eigenvalue weighted by molar-refractivity contribution is 0.0695. The molecular weight excluding hydrogens is 284 g/mol. The number of hydrogen-bond donors (Lipinski definition) is 1. The number of carboxylic acids is 1. The van der Waals surface area contributed by atoms with Crippen LogP contribution in [0, 0.1) is 0 Å². The van der Waals surface area contributed by atoms with Crippen LogP contribution in [0.15, 0.2) is 34.9 Å². The summed E-state index contributed by atoms with van der Waals surface area (Å²) >= 11 is 3.43. The molecule has 0 aliphatic heterocycles. The van der Waals surface area contributed by atoms with Crippen molar-refractivity contribution in [1.29, 1.82) is 0 Å². The first kappa shape index (κ1) is 11.9. The van der Waals surface area contributed by atoms with E-state index in [1.54, 1.807) is 4.68 Å². The van der Waals surface area contributed by atoms with Gasteiger partial charge in [0.05, 0.1) is 17.6 Å². The molecule has 88 valence electrons. The molecule has 0 radical (unpaired) electrons. The number of carboxylic acid groups (broad SMARTS) is 1. The van der Waals surface area contributed by atoms with Gasteiger partial charge in [-0.1, -0.05) is 19.1 Å². The van der Waals surface area contributed by atoms with Crippen LogP contribution < -0.4 is 0 Å². The van der Waals surface area contributed by atoms with Crippen LogP contribution in [0.1, 0.15) is 23.0 Å². The average Bonchev–Trinajstić information content (AvgIpc) is 2.73. The van der Waals surface area contributed by atoms with E-state index >= 15 is 0 Å². The van der Waals surface area contributed by atoms with Gasteiger partial charge in [-0.3, -0.25) is 0 Å². The second kappa shape index (κ2) is 4.71. The van der Waals surface area contributed by atoms with Gasteiger partial charge in [0.1, 0.15) is 5.56 Å². The van der Waals surface area contributed by atoms with Crippen LogP contribution in [-0.4, -0.2) is 20.9 Å². The number of rotatable bonds is 3. The van der Waals surface area contributed by atoms with Crippen molar-refractivity contribution >= 4 is 21.9 Å². The monoisotopic (exact) mass is 294 g/mol. The smallest absolute Gasteiger partial charge is 0.339 e. The molecule has 1 N–H and O–H groups in total. The van der Waals surface area contributed by atoms with Crippen molar-refractivity contribution in [2.75, 3.05) is 0 Å². The zero-order valence-electron chi connectivity index (χ0n) is 9.22. The van der Waals surface area contributed by atoms with Gasteiger partial charge < -0.3 is 5.11 Å². The highest BCUT2D eigenvalue weighted by Gasteiger charge is 2.16. The van der Waals surface area contributed by atoms with Crippen LogP contribution in [0.5, 0.6) is 0 Å². The molecule has 0 aliphatic rings. The van der Waals surface area contributed by atoms with Crippen molar-refractivity contribution in [2.24, 2.45) is 0 Å². The third-order valence-electron chi connectivity index (χ3n) is 2.51. The first-order chi connectivity index (χ1) is 8.15. The number of nitrogens with zero attached hydrogens (tertiary/aromatic N) is 2. The minimum atomic E-state index is -0.944. The Morgan fingerprint density at radius 3 is 2.76 bits per heavy atom. The molecule has 0 saturated heterocycles. The molecule has 0 fully saturated rings. The molecule has 5 heteroatoms. The van der Waals surface area contributed by atoms with E-state index in [0.29, 0.717) is 12.1 Å². The predicted octanol–water partition coefficient (Wildman–Crippen LogP) is 2.90. The Hall–Kier alpha value is -1.62. The fourth-order valence-electron chi connectivity index (χ4n) is 1.72. The summed E-state index contributed by atoms with van der Waals surface area (Å²) in [5.41, 5.74) is 1.80. The molecule has 0 bridgehead atoms. The Morgan fingerprint density at radius 2 is 2.18 bits per heavy atom. The maximum absolute atomic E-state index is 11.0. The molecule has 0 unspecified atom stereocenters. The predicted molar refractivity (Wildman–Crippen MR) is 67.6 cm³/mol. The van der Waals surface area contributed by atoms with Gasteiger partial charge in [-0.2, -0.15) is 5.10 Å². The summed E-state index contributed by atoms with van der Waals surface area (Å²) in [6.07, 6.45) is 2.00. The van der Waals surface area contributed by atoms with Gasteiger partial charge in [0.15, 0.2) is 0 Å². The van der Waals surface area contributed by atoms with E-state index in [1.165, 1.54) is 6.20 Å². The van der Waals surface area contributed by atoms with E-state index in [9.17, 15) is 4.79 Å². The number of benzene rings is 1. The summed E-state index contributed by atoms with van der Waals surface area (Å²) in [5, 5.41) is 13.2. The number of aromatic nitrogens is 2. The van der Waals surface area contributed by atoms with Crippen LogP contribution in [0.3, 0.4) is 0 Å². The molecule has 0 spiro atoms. The highest BCUT2D eigenvalue weighted by molar-refractivity contribution is 9.10. The number of aromatic carboxylic acids is 1. The maximum atomic E-state index is 11.0. The van der Waals surface area contributed by atoms with Crippen molar-refractivity contribution in [2.45, 2.75) is 13.3 Å². The standard InChI is InChI=1S/C12H11BrN2O2/c1-2-10-8(12(16)17)7-14-15(10)11-6-4-3-5-9(11)13/h3-7H,2H2,1H3,(H,16,17). The quantitative estimate of drug-likeness (QED) is 0.947. The molecule has 1 heterocycles. The van der Waals surface area contributed by atoms with Gasteiger partial charge in [0.2, 0.25) is 0 Å². The van der Waals surface area contributed by atoms with Gasteiger partial charge in [-0.15, -0.1) is 0 Å². The maximum Gasteiger partial charge on any atom is 0.339 e. The third kappa shape index (κ3) is 2.10. The number of halogens is 1. The molecular formula is C12H11BrN2O2. The molecule has 2 rings (SSSR count). The van der Waals surface area contributed by atoms with E-state index in [1.807, 2.05) is 31.2 Å². The first-order valence-corrected chi connectivity index (χ1v) is 5.99. The topological polar surface area (TPSA) is 55.1 Å². The van der Waals surface area contributed by atoms with Gasteiger partial charge in [-0.05, 0) is 34.5 Å². The van der Waals surface area contributed by atoms with Gasteiger partial charge in [-0.25, -0.2) is 9.48 Å². The van der Waals surface area contributed by atoms with Crippen molar-refractivity contribution < 1.29 is 9.90 Å². The van der Waals surface area contributed by atoms with E-state index < -0.39 is 5.97 Å². The fourth-order valence-corrected chi connectivity index (χ4v) is 2.18. The lowest BCUT2D eigenvalue weighted by atomic mass is 10.2. The third-order valence-corrected chi connectivity index (χ3v) is 3.19. The summed E-state index contributed by atoms with van der Waals surface area (Å²) in [7, 11) is 0. The summed E-state index contributed by atoms with van der Waals surface area (Å²) in [6.45, 7) is 1.91. The molecule has 4 nitrogen and oxygen atoms in total. The van der Waals surface area contributed by atoms with Gasteiger partial charge >= 0.3 is 5.97 Å². The molecule has 0 atom stereocenters. The SMILES string of the molecule is CCc1c(C(=O)O)cnn1-c1ccccc1Br. The Balaban J connectivity index is 2.61. The average molecular weight is 295 g/mol. The Labute approximate surface area is 107 Å². The van der Waals surface area contributed by atoms with Crippen LogP contribution in [0.25, 0.3) is 5.69 Å². The number of carbonyl (C=O) groups is 1. The summed E-state index contributed by atoms with van der Waals surface area (Å²) in [4.78, 5) is 11.0. The number of hydrogen-bond acceptors (Lipinski definition) is 2. The second-order valence-electron chi connectivity index (χ2n) is 3.53. The minimum Gasteiger partial charge on any atom is -0.478 e.